The fourth-order valence-corrected chi connectivity index (χ4v) is 2.94. The van der Waals surface area contributed by atoms with Crippen LogP contribution in [0, 0.1) is 5.82 Å². The fourth-order valence-electron chi connectivity index (χ4n) is 2.07. The third kappa shape index (κ3) is 3.04. The number of hydrogen-bond donors (Lipinski definition) is 0. The summed E-state index contributed by atoms with van der Waals surface area (Å²) in [5, 5.41) is 13.5. The van der Waals surface area contributed by atoms with Crippen LogP contribution >= 0.6 is 11.8 Å². The minimum absolute atomic E-state index is 0.220. The van der Waals surface area contributed by atoms with E-state index in [1.54, 1.807) is 30.1 Å². The lowest BCUT2D eigenvalue weighted by atomic mass is 10.2. The van der Waals surface area contributed by atoms with Crippen LogP contribution in [0.1, 0.15) is 12.5 Å². The van der Waals surface area contributed by atoms with Crippen LogP contribution in [0.5, 0.6) is 0 Å². The summed E-state index contributed by atoms with van der Waals surface area (Å²) in [5.41, 5.74) is 2.00. The molecule has 0 amide bonds. The maximum atomic E-state index is 12.9. The highest BCUT2D eigenvalue weighted by molar-refractivity contribution is 7.98. The smallest absolute Gasteiger partial charge is 0.191 e. The molecule has 0 aliphatic rings. The minimum atomic E-state index is -0.220. The van der Waals surface area contributed by atoms with Gasteiger partial charge in [0.2, 0.25) is 0 Å². The van der Waals surface area contributed by atoms with Gasteiger partial charge in [-0.2, -0.15) is 5.10 Å². The Labute approximate surface area is 132 Å². The number of nitrogens with zero attached hydrogens (tertiary/aromatic N) is 5. The van der Waals surface area contributed by atoms with Crippen LogP contribution in [-0.4, -0.2) is 24.5 Å². The standard InChI is InChI=1S/C15H16FN5S/c1-3-21-9-12(8-17-21)14-18-19-15(20(14)2)22-10-11-4-6-13(16)7-5-11/h4-9H,3,10H2,1-2H3. The number of halogens is 1. The quantitative estimate of drug-likeness (QED) is 0.678. The van der Waals surface area contributed by atoms with Gasteiger partial charge in [0.1, 0.15) is 5.82 Å². The molecule has 0 unspecified atom stereocenters. The summed E-state index contributed by atoms with van der Waals surface area (Å²) in [4.78, 5) is 0. The maximum absolute atomic E-state index is 12.9. The highest BCUT2D eigenvalue weighted by Crippen LogP contribution is 2.25. The van der Waals surface area contributed by atoms with Crippen LogP contribution in [0.2, 0.25) is 0 Å². The van der Waals surface area contributed by atoms with Crippen molar-refractivity contribution < 1.29 is 4.39 Å². The highest BCUT2D eigenvalue weighted by Gasteiger charge is 2.12. The van der Waals surface area contributed by atoms with Crippen LogP contribution < -0.4 is 0 Å². The lowest BCUT2D eigenvalue weighted by Crippen LogP contribution is -1.95. The first-order chi connectivity index (χ1) is 10.7. The Bertz CT molecular complexity index is 763. The molecule has 0 bridgehead atoms. The second-order valence-corrected chi connectivity index (χ2v) is 5.81. The van der Waals surface area contributed by atoms with Gasteiger partial charge in [-0.05, 0) is 24.6 Å². The van der Waals surface area contributed by atoms with Gasteiger partial charge in [0.25, 0.3) is 0 Å². The van der Waals surface area contributed by atoms with Crippen molar-refractivity contribution in [2.45, 2.75) is 24.4 Å². The molecule has 3 rings (SSSR count). The Balaban J connectivity index is 1.74. The number of rotatable bonds is 5. The Morgan fingerprint density at radius 1 is 1.18 bits per heavy atom. The van der Waals surface area contributed by atoms with Crippen molar-refractivity contribution >= 4 is 11.8 Å². The molecule has 0 saturated carbocycles. The lowest BCUT2D eigenvalue weighted by Gasteiger charge is -2.03. The van der Waals surface area contributed by atoms with E-state index >= 15 is 0 Å². The van der Waals surface area contributed by atoms with Crippen LogP contribution in [0.4, 0.5) is 4.39 Å². The first-order valence-corrected chi connectivity index (χ1v) is 7.95. The number of hydrogen-bond acceptors (Lipinski definition) is 4. The molecule has 0 atom stereocenters. The van der Waals surface area contributed by atoms with Crippen LogP contribution in [0.15, 0.2) is 41.8 Å². The molecule has 1 aromatic carbocycles. The molecule has 3 aromatic rings. The first kappa shape index (κ1) is 14.8. The lowest BCUT2D eigenvalue weighted by molar-refractivity contribution is 0.627. The average molecular weight is 317 g/mol. The summed E-state index contributed by atoms with van der Waals surface area (Å²) in [6.45, 7) is 2.86. The van der Waals surface area contributed by atoms with Crippen molar-refractivity contribution in [3.63, 3.8) is 0 Å². The summed E-state index contributed by atoms with van der Waals surface area (Å²) in [6.07, 6.45) is 3.75. The Kier molecular flexibility index (Phi) is 4.24. The van der Waals surface area contributed by atoms with Crippen LogP contribution in [-0.2, 0) is 19.3 Å². The summed E-state index contributed by atoms with van der Waals surface area (Å²) in [7, 11) is 1.94. The summed E-state index contributed by atoms with van der Waals surface area (Å²) < 4.78 is 16.7. The van der Waals surface area contributed by atoms with Crippen molar-refractivity contribution in [1.29, 1.82) is 0 Å². The average Bonchev–Trinajstić information content (AvgIpc) is 3.13. The van der Waals surface area contributed by atoms with E-state index in [1.165, 1.54) is 12.1 Å². The first-order valence-electron chi connectivity index (χ1n) is 6.97. The Hall–Kier alpha value is -2.15. The van der Waals surface area contributed by atoms with Gasteiger partial charge < -0.3 is 4.57 Å². The van der Waals surface area contributed by atoms with Crippen molar-refractivity contribution in [3.8, 4) is 11.4 Å². The normalized spacial score (nSPS) is 11.0. The van der Waals surface area contributed by atoms with E-state index in [-0.39, 0.29) is 5.82 Å². The molecule has 0 aliphatic heterocycles. The Morgan fingerprint density at radius 2 is 1.95 bits per heavy atom. The van der Waals surface area contributed by atoms with Gasteiger partial charge in [0.05, 0.1) is 11.8 Å². The molecule has 0 saturated heterocycles. The number of aromatic nitrogens is 5. The molecule has 0 fully saturated rings. The molecule has 0 N–H and O–H groups in total. The van der Waals surface area contributed by atoms with Gasteiger partial charge in [-0.25, -0.2) is 4.39 Å². The summed E-state index contributed by atoms with van der Waals surface area (Å²) in [5.74, 6) is 1.30. The summed E-state index contributed by atoms with van der Waals surface area (Å²) >= 11 is 1.57. The SMILES string of the molecule is CCn1cc(-c2nnc(SCc3ccc(F)cc3)n2C)cn1. The Morgan fingerprint density at radius 3 is 2.64 bits per heavy atom. The third-order valence-electron chi connectivity index (χ3n) is 3.33. The van der Waals surface area contributed by atoms with Gasteiger partial charge >= 0.3 is 0 Å². The molecule has 22 heavy (non-hydrogen) atoms. The van der Waals surface area contributed by atoms with E-state index in [4.69, 9.17) is 0 Å². The largest absolute Gasteiger partial charge is 0.305 e. The number of aryl methyl sites for hydroxylation is 1. The minimum Gasteiger partial charge on any atom is -0.305 e. The van der Waals surface area contributed by atoms with E-state index in [0.29, 0.717) is 0 Å². The molecule has 0 aliphatic carbocycles. The van der Waals surface area contributed by atoms with Gasteiger partial charge in [0, 0.05) is 25.5 Å². The number of thioether (sulfide) groups is 1. The van der Waals surface area contributed by atoms with E-state index in [1.807, 2.05) is 29.4 Å². The van der Waals surface area contributed by atoms with Crippen LogP contribution in [0.3, 0.4) is 0 Å². The zero-order valence-corrected chi connectivity index (χ0v) is 13.2. The van der Waals surface area contributed by atoms with Gasteiger partial charge in [0.15, 0.2) is 11.0 Å². The van der Waals surface area contributed by atoms with Crippen molar-refractivity contribution in [3.05, 3.63) is 48.0 Å². The molecule has 114 valence electrons. The predicted octanol–water partition coefficient (Wildman–Crippen LogP) is 3.13. The predicted molar refractivity (Wildman–Crippen MR) is 83.9 cm³/mol. The molecule has 0 radical (unpaired) electrons. The topological polar surface area (TPSA) is 48.5 Å². The van der Waals surface area contributed by atoms with Gasteiger partial charge in [-0.1, -0.05) is 23.9 Å². The number of benzene rings is 1. The van der Waals surface area contributed by atoms with Crippen molar-refractivity contribution in [1.82, 2.24) is 24.5 Å². The molecule has 2 aromatic heterocycles. The fraction of sp³-hybridized carbons (Fsp3) is 0.267. The van der Waals surface area contributed by atoms with Gasteiger partial charge in [-0.15, -0.1) is 10.2 Å². The van der Waals surface area contributed by atoms with E-state index < -0.39 is 0 Å². The third-order valence-corrected chi connectivity index (χ3v) is 4.42. The van der Waals surface area contributed by atoms with Crippen LogP contribution in [0.25, 0.3) is 11.4 Å². The molecule has 7 heteroatoms. The van der Waals surface area contributed by atoms with Crippen molar-refractivity contribution in [2.24, 2.45) is 7.05 Å². The van der Waals surface area contributed by atoms with E-state index in [0.717, 1.165) is 34.4 Å². The van der Waals surface area contributed by atoms with Gasteiger partial charge in [-0.3, -0.25) is 4.68 Å². The molecular formula is C15H16FN5S. The molecular weight excluding hydrogens is 301 g/mol. The second-order valence-electron chi connectivity index (χ2n) is 4.87. The van der Waals surface area contributed by atoms with E-state index in [9.17, 15) is 4.39 Å². The monoisotopic (exact) mass is 317 g/mol. The zero-order chi connectivity index (χ0) is 15.5. The molecule has 5 nitrogen and oxygen atoms in total. The maximum Gasteiger partial charge on any atom is 0.191 e. The molecule has 2 heterocycles. The molecule has 0 spiro atoms. The zero-order valence-electron chi connectivity index (χ0n) is 12.4. The second kappa shape index (κ2) is 6.31. The highest BCUT2D eigenvalue weighted by atomic mass is 32.2. The van der Waals surface area contributed by atoms with E-state index in [2.05, 4.69) is 15.3 Å². The van der Waals surface area contributed by atoms with Crippen molar-refractivity contribution in [2.75, 3.05) is 0 Å². The summed E-state index contributed by atoms with van der Waals surface area (Å²) in [6, 6.07) is 6.50.